The maximum absolute atomic E-state index is 5.82. The maximum Gasteiger partial charge on any atom is 0.157 e. The van der Waals surface area contributed by atoms with Crippen LogP contribution in [-0.4, -0.2) is 16.9 Å². The number of hydrogen-bond donors (Lipinski definition) is 0. The van der Waals surface area contributed by atoms with E-state index < -0.39 is 0 Å². The van der Waals surface area contributed by atoms with E-state index in [1.807, 2.05) is 36.7 Å². The van der Waals surface area contributed by atoms with Crippen LogP contribution in [0.1, 0.15) is 43.7 Å². The van der Waals surface area contributed by atoms with Gasteiger partial charge >= 0.3 is 0 Å². The van der Waals surface area contributed by atoms with Gasteiger partial charge in [-0.1, -0.05) is 31.4 Å². The van der Waals surface area contributed by atoms with Gasteiger partial charge in [0, 0.05) is 0 Å². The van der Waals surface area contributed by atoms with Crippen LogP contribution in [0.25, 0.3) is 0 Å². The quantitative estimate of drug-likeness (QED) is 0.834. The highest BCUT2D eigenvalue weighted by Crippen LogP contribution is 2.28. The fraction of sp³-hybridized carbons (Fsp3) is 0.471. The van der Waals surface area contributed by atoms with Crippen LogP contribution in [0.15, 0.2) is 36.7 Å². The number of hydrogen-bond acceptors (Lipinski definition) is 3. The van der Waals surface area contributed by atoms with Crippen molar-refractivity contribution >= 4 is 0 Å². The van der Waals surface area contributed by atoms with Crippen molar-refractivity contribution in [1.29, 1.82) is 0 Å². The predicted octanol–water partition coefficient (Wildman–Crippen LogP) is 3.98. The van der Waals surface area contributed by atoms with Crippen LogP contribution >= 0.6 is 0 Å². The first-order valence-corrected chi connectivity index (χ1v) is 7.65. The molecule has 1 aliphatic carbocycles. The lowest BCUT2D eigenvalue weighted by Crippen LogP contribution is -2.12. The van der Waals surface area contributed by atoms with Crippen LogP contribution in [0.5, 0.6) is 11.5 Å². The second-order valence-corrected chi connectivity index (χ2v) is 5.59. The molecule has 0 amide bonds. The highest BCUT2D eigenvalue weighted by atomic mass is 16.5. The van der Waals surface area contributed by atoms with Crippen molar-refractivity contribution in [2.45, 2.75) is 44.8 Å². The molecule has 1 aliphatic rings. The number of benzene rings is 1. The van der Waals surface area contributed by atoms with Gasteiger partial charge in [-0.25, -0.2) is 0 Å². The van der Waals surface area contributed by atoms with E-state index >= 15 is 0 Å². The summed E-state index contributed by atoms with van der Waals surface area (Å²) in [7, 11) is 1.67. The third kappa shape index (κ3) is 3.57. The van der Waals surface area contributed by atoms with Crippen LogP contribution < -0.4 is 9.47 Å². The van der Waals surface area contributed by atoms with Crippen LogP contribution in [0.2, 0.25) is 0 Å². The van der Waals surface area contributed by atoms with Crippen LogP contribution in [0.3, 0.4) is 0 Å². The first kappa shape index (κ1) is 14.0. The Balaban J connectivity index is 1.59. The largest absolute Gasteiger partial charge is 0.497 e. The van der Waals surface area contributed by atoms with Gasteiger partial charge in [0.1, 0.15) is 12.4 Å². The summed E-state index contributed by atoms with van der Waals surface area (Å²) in [5.74, 6) is 1.69. The average Bonchev–Trinajstić information content (AvgIpc) is 3.03. The Morgan fingerprint density at radius 2 is 2.05 bits per heavy atom. The molecule has 0 saturated heterocycles. The van der Waals surface area contributed by atoms with Crippen molar-refractivity contribution in [3.63, 3.8) is 0 Å². The summed E-state index contributed by atoms with van der Waals surface area (Å²) in [4.78, 5) is 0. The Bertz CT molecular complexity index is 574. The highest BCUT2D eigenvalue weighted by Gasteiger charge is 2.16. The lowest BCUT2D eigenvalue weighted by molar-refractivity contribution is 0.300. The molecular formula is C17H22N2O2. The van der Waals surface area contributed by atoms with E-state index in [-0.39, 0.29) is 0 Å². The molecule has 0 bridgehead atoms. The molecule has 4 nitrogen and oxygen atoms in total. The smallest absolute Gasteiger partial charge is 0.157 e. The van der Waals surface area contributed by atoms with Gasteiger partial charge in [-0.15, -0.1) is 0 Å². The van der Waals surface area contributed by atoms with Crippen molar-refractivity contribution < 1.29 is 9.47 Å². The monoisotopic (exact) mass is 286 g/mol. The lowest BCUT2D eigenvalue weighted by atomic mass is 9.96. The Morgan fingerprint density at radius 3 is 2.86 bits per heavy atom. The Hall–Kier alpha value is -1.97. The highest BCUT2D eigenvalue weighted by molar-refractivity contribution is 5.28. The Labute approximate surface area is 125 Å². The molecule has 1 fully saturated rings. The van der Waals surface area contributed by atoms with Gasteiger partial charge in [0.25, 0.3) is 0 Å². The number of methoxy groups -OCH3 is 1. The van der Waals surface area contributed by atoms with Gasteiger partial charge in [-0.3, -0.25) is 4.68 Å². The predicted molar refractivity (Wildman–Crippen MR) is 81.7 cm³/mol. The van der Waals surface area contributed by atoms with E-state index in [4.69, 9.17) is 9.47 Å². The zero-order chi connectivity index (χ0) is 14.5. The fourth-order valence-electron chi connectivity index (χ4n) is 2.87. The molecule has 112 valence electrons. The van der Waals surface area contributed by atoms with Gasteiger partial charge < -0.3 is 9.47 Å². The molecule has 0 spiro atoms. The minimum atomic E-state index is 0.535. The molecule has 3 rings (SSSR count). The van der Waals surface area contributed by atoms with E-state index in [2.05, 4.69) is 9.78 Å². The standard InChI is InChI=1S/C17H22N2O2/c1-20-16-9-5-6-14(10-16)13-21-17-11-18-19(12-17)15-7-3-2-4-8-15/h5-6,9-12,15H,2-4,7-8,13H2,1H3. The van der Waals surface area contributed by atoms with Gasteiger partial charge in [-0.2, -0.15) is 5.10 Å². The SMILES string of the molecule is COc1cccc(COc2cnn(C3CCCCC3)c2)c1. The minimum Gasteiger partial charge on any atom is -0.497 e. The molecule has 1 aromatic carbocycles. The zero-order valence-corrected chi connectivity index (χ0v) is 12.5. The van der Waals surface area contributed by atoms with Gasteiger partial charge in [0.05, 0.1) is 25.5 Å². The minimum absolute atomic E-state index is 0.535. The molecule has 0 unspecified atom stereocenters. The molecular weight excluding hydrogens is 264 g/mol. The summed E-state index contributed by atoms with van der Waals surface area (Å²) < 4.78 is 13.1. The first-order valence-electron chi connectivity index (χ1n) is 7.65. The summed E-state index contributed by atoms with van der Waals surface area (Å²) in [6, 6.07) is 8.49. The topological polar surface area (TPSA) is 36.3 Å². The number of aromatic nitrogens is 2. The van der Waals surface area contributed by atoms with E-state index in [1.165, 1.54) is 32.1 Å². The average molecular weight is 286 g/mol. The van der Waals surface area contributed by atoms with Crippen molar-refractivity contribution in [1.82, 2.24) is 9.78 Å². The summed E-state index contributed by atoms with van der Waals surface area (Å²) in [5.41, 5.74) is 1.10. The molecule has 2 aromatic rings. The summed E-state index contributed by atoms with van der Waals surface area (Å²) in [6.07, 6.45) is 10.3. The van der Waals surface area contributed by atoms with E-state index in [0.717, 1.165) is 17.1 Å². The second kappa shape index (κ2) is 6.66. The second-order valence-electron chi connectivity index (χ2n) is 5.59. The van der Waals surface area contributed by atoms with E-state index in [1.54, 1.807) is 7.11 Å². The maximum atomic E-state index is 5.82. The third-order valence-electron chi connectivity index (χ3n) is 4.07. The number of nitrogens with zero attached hydrogens (tertiary/aromatic N) is 2. The molecule has 0 atom stereocenters. The van der Waals surface area contributed by atoms with E-state index in [9.17, 15) is 0 Å². The molecule has 1 heterocycles. The Morgan fingerprint density at radius 1 is 1.19 bits per heavy atom. The molecule has 1 saturated carbocycles. The van der Waals surface area contributed by atoms with Crippen LogP contribution in [0, 0.1) is 0 Å². The molecule has 21 heavy (non-hydrogen) atoms. The first-order chi connectivity index (χ1) is 10.3. The summed E-state index contributed by atoms with van der Waals surface area (Å²) >= 11 is 0. The number of ether oxygens (including phenoxy) is 2. The molecule has 0 N–H and O–H groups in total. The van der Waals surface area contributed by atoms with Crippen molar-refractivity contribution in [3.8, 4) is 11.5 Å². The van der Waals surface area contributed by atoms with Crippen LogP contribution in [-0.2, 0) is 6.61 Å². The summed E-state index contributed by atoms with van der Waals surface area (Å²) in [5, 5.41) is 4.45. The normalized spacial score (nSPS) is 15.9. The van der Waals surface area contributed by atoms with Gasteiger partial charge in [0.2, 0.25) is 0 Å². The zero-order valence-electron chi connectivity index (χ0n) is 12.5. The van der Waals surface area contributed by atoms with Crippen molar-refractivity contribution in [2.24, 2.45) is 0 Å². The van der Waals surface area contributed by atoms with Crippen molar-refractivity contribution in [2.75, 3.05) is 7.11 Å². The van der Waals surface area contributed by atoms with Gasteiger partial charge in [-0.05, 0) is 30.5 Å². The van der Waals surface area contributed by atoms with Crippen molar-refractivity contribution in [3.05, 3.63) is 42.2 Å². The lowest BCUT2D eigenvalue weighted by Gasteiger charge is -2.21. The van der Waals surface area contributed by atoms with Gasteiger partial charge in [0.15, 0.2) is 5.75 Å². The van der Waals surface area contributed by atoms with Crippen LogP contribution in [0.4, 0.5) is 0 Å². The fourth-order valence-corrected chi connectivity index (χ4v) is 2.87. The molecule has 4 heteroatoms. The Kier molecular flexibility index (Phi) is 4.43. The number of rotatable bonds is 5. The molecule has 0 radical (unpaired) electrons. The third-order valence-corrected chi connectivity index (χ3v) is 4.07. The summed E-state index contributed by atoms with van der Waals surface area (Å²) in [6.45, 7) is 0.535. The molecule has 0 aliphatic heterocycles. The molecule has 1 aromatic heterocycles. The van der Waals surface area contributed by atoms with E-state index in [0.29, 0.717) is 12.6 Å².